The Kier molecular flexibility index (Phi) is 8.52. The Morgan fingerprint density at radius 2 is 1.79 bits per heavy atom. The number of hydrogen-bond donors (Lipinski definition) is 4. The molecular weight excluding hydrogens is 627 g/mol. The van der Waals surface area contributed by atoms with Crippen molar-refractivity contribution in [2.24, 2.45) is 29.4 Å². The van der Waals surface area contributed by atoms with E-state index in [1.165, 1.54) is 43.3 Å². The summed E-state index contributed by atoms with van der Waals surface area (Å²) in [6.45, 7) is 1.30. The van der Waals surface area contributed by atoms with E-state index in [9.17, 15) is 52.2 Å². The van der Waals surface area contributed by atoms with Crippen LogP contribution >= 0.6 is 0 Å². The maximum atomic E-state index is 14.0. The third kappa shape index (κ3) is 5.36. The standard InChI is InChI=1S/C32H32F3N3O9/c1-4-47-20-8-5-13(9-15(20)12-37-30(45)32(33,34)35)16-6-7-19(39)22-17(16)10-14-11-18-24(38(2)3)26(41)23(29(36)44)28(43)31(18,46)27(42)21(14)25(22)40/h5-9,14,18,21,23-24,39,46H,4,10-12H2,1-3H3,(H2,36,44)(H,37,45)/t14-,18-,21?,23?,24?,31-/m0/s1. The fourth-order valence-electron chi connectivity index (χ4n) is 7.33. The lowest BCUT2D eigenvalue weighted by Crippen LogP contribution is -2.74. The first kappa shape index (κ1) is 33.7. The van der Waals surface area contributed by atoms with Crippen molar-refractivity contribution in [3.05, 3.63) is 47.0 Å². The summed E-state index contributed by atoms with van der Waals surface area (Å²) in [4.78, 5) is 79.8. The molecule has 3 aliphatic rings. The Balaban J connectivity index is 1.59. The molecule has 2 amide bonds. The average Bonchev–Trinajstić information content (AvgIpc) is 2.97. The van der Waals surface area contributed by atoms with Crippen molar-refractivity contribution >= 4 is 34.9 Å². The number of Topliss-reactive ketones (excluding diaryl/α,β-unsaturated/α-hetero) is 4. The highest BCUT2D eigenvalue weighted by Gasteiger charge is 2.69. The summed E-state index contributed by atoms with van der Waals surface area (Å²) in [6.07, 6.45) is -5.29. The number of ether oxygens (including phenoxy) is 1. The Hall–Kier alpha value is -4.63. The summed E-state index contributed by atoms with van der Waals surface area (Å²) in [5.74, 6) is -13.9. The number of nitrogens with one attached hydrogen (secondary N) is 1. The van der Waals surface area contributed by atoms with E-state index in [1.54, 1.807) is 13.0 Å². The molecule has 2 aromatic carbocycles. The third-order valence-corrected chi connectivity index (χ3v) is 9.31. The number of alkyl halides is 3. The van der Waals surface area contributed by atoms with Crippen molar-refractivity contribution in [1.29, 1.82) is 0 Å². The lowest BCUT2D eigenvalue weighted by Gasteiger charge is -2.52. The molecule has 0 radical (unpaired) electrons. The molecule has 47 heavy (non-hydrogen) atoms. The molecule has 5 N–H and O–H groups in total. The molecule has 250 valence electrons. The molecule has 0 aromatic heterocycles. The molecule has 2 fully saturated rings. The van der Waals surface area contributed by atoms with Gasteiger partial charge in [-0.1, -0.05) is 12.1 Å². The topological polar surface area (TPSA) is 193 Å². The summed E-state index contributed by atoms with van der Waals surface area (Å²) >= 11 is 0. The Labute approximate surface area is 266 Å². The number of nitrogens with zero attached hydrogens (tertiary/aromatic N) is 1. The molecule has 3 aliphatic carbocycles. The van der Waals surface area contributed by atoms with Crippen LogP contribution in [-0.2, 0) is 36.9 Å². The van der Waals surface area contributed by atoms with Crippen LogP contribution in [0.3, 0.4) is 0 Å². The van der Waals surface area contributed by atoms with Crippen LogP contribution in [0.25, 0.3) is 11.1 Å². The summed E-state index contributed by atoms with van der Waals surface area (Å²) in [5, 5.41) is 24.4. The molecule has 0 aliphatic heterocycles. The normalized spacial score (nSPS) is 27.2. The van der Waals surface area contributed by atoms with E-state index in [0.29, 0.717) is 16.7 Å². The molecule has 0 bridgehead atoms. The number of primary amides is 1. The van der Waals surface area contributed by atoms with Gasteiger partial charge >= 0.3 is 12.1 Å². The number of nitrogens with two attached hydrogens (primary N) is 1. The number of benzene rings is 2. The summed E-state index contributed by atoms with van der Waals surface area (Å²) in [5.41, 5.74) is 3.51. The van der Waals surface area contributed by atoms with Crippen LogP contribution in [0.2, 0.25) is 0 Å². The van der Waals surface area contributed by atoms with Gasteiger partial charge in [-0.2, -0.15) is 13.2 Å². The average molecular weight is 660 g/mol. The van der Waals surface area contributed by atoms with Crippen molar-refractivity contribution < 1.29 is 56.9 Å². The summed E-state index contributed by atoms with van der Waals surface area (Å²) in [6, 6.07) is 5.97. The number of aromatic hydroxyl groups is 1. The lowest BCUT2D eigenvalue weighted by molar-refractivity contribution is -0.181. The summed E-state index contributed by atoms with van der Waals surface area (Å²) in [7, 11) is 2.96. The van der Waals surface area contributed by atoms with E-state index in [0.717, 1.165) is 0 Å². The van der Waals surface area contributed by atoms with Crippen LogP contribution in [0.4, 0.5) is 13.2 Å². The van der Waals surface area contributed by atoms with Crippen LogP contribution < -0.4 is 15.8 Å². The molecular formula is C32H32F3N3O9. The predicted octanol–water partition coefficient (Wildman–Crippen LogP) is 1.11. The molecule has 3 unspecified atom stereocenters. The van der Waals surface area contributed by atoms with Gasteiger partial charge in [-0.05, 0) is 74.7 Å². The molecule has 5 rings (SSSR count). The van der Waals surface area contributed by atoms with E-state index in [2.05, 4.69) is 0 Å². The van der Waals surface area contributed by atoms with Gasteiger partial charge in [0.05, 0.1) is 24.1 Å². The predicted molar refractivity (Wildman–Crippen MR) is 156 cm³/mol. The highest BCUT2D eigenvalue weighted by Crippen LogP contribution is 2.52. The third-order valence-electron chi connectivity index (χ3n) is 9.31. The maximum absolute atomic E-state index is 14.0. The molecule has 15 heteroatoms. The molecule has 12 nitrogen and oxygen atoms in total. The molecule has 0 saturated heterocycles. The van der Waals surface area contributed by atoms with Gasteiger partial charge in [-0.25, -0.2) is 0 Å². The lowest BCUT2D eigenvalue weighted by atomic mass is 9.52. The van der Waals surface area contributed by atoms with Gasteiger partial charge in [-0.3, -0.25) is 33.7 Å². The first-order chi connectivity index (χ1) is 21.9. The smallest absolute Gasteiger partial charge is 0.471 e. The zero-order chi connectivity index (χ0) is 34.7. The van der Waals surface area contributed by atoms with Gasteiger partial charge in [0, 0.05) is 18.0 Å². The van der Waals surface area contributed by atoms with Crippen LogP contribution in [0.15, 0.2) is 30.3 Å². The Morgan fingerprint density at radius 1 is 1.11 bits per heavy atom. The quantitative estimate of drug-likeness (QED) is 0.313. The van der Waals surface area contributed by atoms with Crippen LogP contribution in [0.1, 0.15) is 34.8 Å². The number of halogens is 3. The van der Waals surface area contributed by atoms with Crippen LogP contribution in [0.5, 0.6) is 11.5 Å². The van der Waals surface area contributed by atoms with Gasteiger partial charge in [0.1, 0.15) is 11.5 Å². The second-order valence-electron chi connectivity index (χ2n) is 12.2. The minimum atomic E-state index is -5.11. The highest BCUT2D eigenvalue weighted by atomic mass is 19.4. The van der Waals surface area contributed by atoms with E-state index in [-0.39, 0.29) is 36.3 Å². The first-order valence-electron chi connectivity index (χ1n) is 14.8. The van der Waals surface area contributed by atoms with Crippen LogP contribution in [-0.4, -0.2) is 88.6 Å². The fraction of sp³-hybridized carbons (Fsp3) is 0.438. The molecule has 2 saturated carbocycles. The first-order valence-corrected chi connectivity index (χ1v) is 14.8. The van der Waals surface area contributed by atoms with Crippen molar-refractivity contribution in [3.63, 3.8) is 0 Å². The zero-order valence-corrected chi connectivity index (χ0v) is 25.5. The van der Waals surface area contributed by atoms with Crippen molar-refractivity contribution in [1.82, 2.24) is 10.2 Å². The second kappa shape index (κ2) is 11.9. The van der Waals surface area contributed by atoms with Gasteiger partial charge in [0.2, 0.25) is 5.91 Å². The number of amides is 2. The highest BCUT2D eigenvalue weighted by molar-refractivity contribution is 6.32. The van der Waals surface area contributed by atoms with E-state index >= 15 is 0 Å². The number of carbonyl (C=O) groups excluding carboxylic acids is 6. The van der Waals surface area contributed by atoms with E-state index in [1.807, 2.05) is 5.32 Å². The monoisotopic (exact) mass is 659 g/mol. The Bertz CT molecular complexity index is 1720. The minimum Gasteiger partial charge on any atom is -0.507 e. The number of phenolic OH excluding ortho intramolecular Hbond substituents is 1. The number of rotatable bonds is 7. The molecule has 0 spiro atoms. The maximum Gasteiger partial charge on any atom is 0.471 e. The number of hydrogen-bond acceptors (Lipinski definition) is 10. The van der Waals surface area contributed by atoms with Gasteiger partial charge < -0.3 is 26.0 Å². The molecule has 0 heterocycles. The van der Waals surface area contributed by atoms with Crippen molar-refractivity contribution in [2.75, 3.05) is 20.7 Å². The van der Waals surface area contributed by atoms with Gasteiger partial charge in [0.25, 0.3) is 0 Å². The van der Waals surface area contributed by atoms with Crippen molar-refractivity contribution in [2.45, 2.75) is 44.1 Å². The number of ketones is 4. The Morgan fingerprint density at radius 3 is 2.38 bits per heavy atom. The SMILES string of the molecule is CCOc1ccc(-c2ccc(O)c3c2C[C@H]2C[C@H]4C(N(C)C)C(=O)C(C(N)=O)C(=O)[C@@]4(O)C(=O)C2C3=O)cc1CNC(=O)C(F)(F)F. The second-order valence-corrected chi connectivity index (χ2v) is 12.2. The van der Waals surface area contributed by atoms with Crippen molar-refractivity contribution in [3.8, 4) is 22.6 Å². The number of phenols is 1. The number of carbonyl (C=O) groups is 6. The van der Waals surface area contributed by atoms with E-state index in [4.69, 9.17) is 10.5 Å². The van der Waals surface area contributed by atoms with Gasteiger partial charge in [0.15, 0.2) is 34.7 Å². The van der Waals surface area contributed by atoms with E-state index < -0.39 is 88.7 Å². The number of aliphatic hydroxyl groups is 1. The van der Waals surface area contributed by atoms with Gasteiger partial charge in [-0.15, -0.1) is 0 Å². The minimum absolute atomic E-state index is 0.0249. The molecule has 2 aromatic rings. The van der Waals surface area contributed by atoms with Crippen LogP contribution in [0, 0.1) is 23.7 Å². The molecule has 6 atom stereocenters. The number of fused-ring (bicyclic) bond motifs is 3. The largest absolute Gasteiger partial charge is 0.507 e. The fourth-order valence-corrected chi connectivity index (χ4v) is 7.33. The number of likely N-dealkylation sites (N-methyl/N-ethyl adjacent to an activating group) is 1. The zero-order valence-electron chi connectivity index (χ0n) is 25.5. The summed E-state index contributed by atoms with van der Waals surface area (Å²) < 4.78 is 44.1.